The third-order valence-corrected chi connectivity index (χ3v) is 14.1. The van der Waals surface area contributed by atoms with Crippen LogP contribution in [0, 0.1) is 16.7 Å². The molecule has 6 heterocycles. The Balaban J connectivity index is 0.727. The van der Waals surface area contributed by atoms with Crippen LogP contribution in [-0.2, 0) is 9.59 Å². The normalized spacial score (nSPS) is 22.3. The first-order valence-electron chi connectivity index (χ1n) is 21.0. The largest absolute Gasteiger partial charge is 0.371 e. The average molecular weight is 831 g/mol. The quantitative estimate of drug-likeness (QED) is 0.358. The molecule has 0 bridgehead atoms. The summed E-state index contributed by atoms with van der Waals surface area (Å²) < 4.78 is 0. The van der Waals surface area contributed by atoms with E-state index in [1.807, 2.05) is 28.0 Å². The first kappa shape index (κ1) is 39.7. The summed E-state index contributed by atoms with van der Waals surface area (Å²) in [4.78, 5) is 89.5. The average Bonchev–Trinajstić information content (AvgIpc) is 3.80. The lowest BCUT2D eigenvalue weighted by atomic mass is 9.77. The highest BCUT2D eigenvalue weighted by Gasteiger charge is 2.45. The Labute approximate surface area is 353 Å². The molecule has 0 aromatic heterocycles. The fraction of sp³-hybridized carbons (Fsp3) is 0.444. The SMILES string of the molecule is N#Cc1ccc(N2CCC3(CCN(C(=O)c4ccc(C(=O)N5CCN(C6CCN(c7ccc8c(c7)C(=O)N(C7CCC(=O)NC7=O)C8=O)CC6)CC5)cc4)CC3)C2)cc1Cl. The van der Waals surface area contributed by atoms with Crippen LogP contribution in [0.3, 0.4) is 0 Å². The summed E-state index contributed by atoms with van der Waals surface area (Å²) in [6.07, 6.45) is 4.94. The number of piperazine rings is 1. The van der Waals surface area contributed by atoms with E-state index in [0.717, 1.165) is 87.6 Å². The molecule has 15 heteroatoms. The van der Waals surface area contributed by atoms with Crippen LogP contribution in [0.15, 0.2) is 60.7 Å². The molecule has 9 rings (SSSR count). The van der Waals surface area contributed by atoms with Crippen molar-refractivity contribution in [1.82, 2.24) is 24.9 Å². The first-order valence-corrected chi connectivity index (χ1v) is 21.4. The fourth-order valence-corrected chi connectivity index (χ4v) is 10.3. The van der Waals surface area contributed by atoms with E-state index in [2.05, 4.69) is 26.1 Å². The number of imide groups is 2. The summed E-state index contributed by atoms with van der Waals surface area (Å²) >= 11 is 6.31. The van der Waals surface area contributed by atoms with E-state index < -0.39 is 29.7 Å². The van der Waals surface area contributed by atoms with Crippen molar-refractivity contribution in [1.29, 1.82) is 5.26 Å². The number of nitriles is 1. The lowest BCUT2D eigenvalue weighted by molar-refractivity contribution is -0.136. The summed E-state index contributed by atoms with van der Waals surface area (Å²) in [5.74, 6) is -2.07. The Morgan fingerprint density at radius 1 is 0.683 bits per heavy atom. The van der Waals surface area contributed by atoms with Gasteiger partial charge in [0.15, 0.2) is 0 Å². The van der Waals surface area contributed by atoms with Crippen LogP contribution < -0.4 is 15.1 Å². The van der Waals surface area contributed by atoms with Crippen molar-refractivity contribution < 1.29 is 28.8 Å². The minimum atomic E-state index is -0.990. The lowest BCUT2D eigenvalue weighted by Gasteiger charge is -2.43. The van der Waals surface area contributed by atoms with Gasteiger partial charge in [-0.15, -0.1) is 0 Å². The van der Waals surface area contributed by atoms with Gasteiger partial charge in [-0.2, -0.15) is 5.26 Å². The van der Waals surface area contributed by atoms with E-state index in [-0.39, 0.29) is 41.2 Å². The van der Waals surface area contributed by atoms with Crippen LogP contribution in [0.2, 0.25) is 5.02 Å². The van der Waals surface area contributed by atoms with Crippen molar-refractivity contribution in [3.63, 3.8) is 0 Å². The number of halogens is 1. The number of hydrogen-bond donors (Lipinski definition) is 1. The van der Waals surface area contributed by atoms with Crippen LogP contribution in [0.5, 0.6) is 0 Å². The fourth-order valence-electron chi connectivity index (χ4n) is 10.1. The van der Waals surface area contributed by atoms with Gasteiger partial charge in [-0.3, -0.25) is 43.9 Å². The third-order valence-electron chi connectivity index (χ3n) is 13.7. The van der Waals surface area contributed by atoms with Gasteiger partial charge >= 0.3 is 0 Å². The van der Waals surface area contributed by atoms with Gasteiger partial charge in [-0.25, -0.2) is 0 Å². The number of nitrogens with one attached hydrogen (secondary N) is 1. The minimum Gasteiger partial charge on any atom is -0.371 e. The molecule has 14 nitrogen and oxygen atoms in total. The number of hydrogen-bond acceptors (Lipinski definition) is 10. The second-order valence-electron chi connectivity index (χ2n) is 17.0. The maximum absolute atomic E-state index is 13.6. The standard InChI is InChI=1S/C45H47ClN8O6/c46-37-26-34(6-5-31(37)27-47)53-20-15-45(28-53)13-18-51(19-14-45)41(57)29-1-3-30(4-2-29)42(58)52-23-21-50(22-24-52)32-11-16-49(17-12-32)33-7-8-35-36(25-33)44(60)54(43(35)59)38-9-10-39(55)48-40(38)56/h1-8,25-26,32,38H,9-24,28H2,(H,48,55,56). The van der Waals surface area contributed by atoms with Gasteiger partial charge in [0.2, 0.25) is 11.8 Å². The zero-order valence-corrected chi connectivity index (χ0v) is 34.2. The number of piperidine rings is 3. The summed E-state index contributed by atoms with van der Waals surface area (Å²) in [7, 11) is 0. The number of amides is 6. The van der Waals surface area contributed by atoms with Crippen LogP contribution in [-0.4, -0.2) is 133 Å². The number of rotatable bonds is 6. The molecular formula is C45H47ClN8O6. The monoisotopic (exact) mass is 830 g/mol. The van der Waals surface area contributed by atoms with Gasteiger partial charge in [0.05, 0.1) is 21.7 Å². The van der Waals surface area contributed by atoms with E-state index in [1.165, 1.54) is 0 Å². The summed E-state index contributed by atoms with van der Waals surface area (Å²) in [5, 5.41) is 11.9. The Bertz CT molecular complexity index is 2300. The highest BCUT2D eigenvalue weighted by atomic mass is 35.5. The number of carbonyl (C=O) groups excluding carboxylic acids is 6. The molecule has 3 aromatic carbocycles. The van der Waals surface area contributed by atoms with Crippen molar-refractivity contribution in [2.75, 3.05) is 75.2 Å². The molecule has 6 aliphatic heterocycles. The molecule has 5 fully saturated rings. The van der Waals surface area contributed by atoms with Gasteiger partial charge in [0.1, 0.15) is 12.1 Å². The molecule has 1 unspecified atom stereocenters. The van der Waals surface area contributed by atoms with Gasteiger partial charge in [0, 0.05) is 100 Å². The number of carbonyl (C=O) groups is 6. The van der Waals surface area contributed by atoms with Gasteiger partial charge < -0.3 is 19.6 Å². The molecular weight excluding hydrogens is 784 g/mol. The molecule has 6 amide bonds. The molecule has 5 saturated heterocycles. The predicted molar refractivity (Wildman–Crippen MR) is 223 cm³/mol. The van der Waals surface area contributed by atoms with Gasteiger partial charge in [-0.1, -0.05) is 11.6 Å². The highest BCUT2D eigenvalue weighted by Crippen LogP contribution is 2.43. The smallest absolute Gasteiger partial charge is 0.262 e. The van der Waals surface area contributed by atoms with Gasteiger partial charge in [-0.05, 0) is 105 Å². The van der Waals surface area contributed by atoms with E-state index in [4.69, 9.17) is 11.6 Å². The number of anilines is 2. The summed E-state index contributed by atoms with van der Waals surface area (Å²) in [5.41, 5.74) is 4.24. The Morgan fingerprint density at radius 3 is 1.92 bits per heavy atom. The molecule has 3 aromatic rings. The number of fused-ring (bicyclic) bond motifs is 1. The van der Waals surface area contributed by atoms with Crippen molar-refractivity contribution in [3.05, 3.63) is 93.5 Å². The predicted octanol–water partition coefficient (Wildman–Crippen LogP) is 4.17. The Hall–Kier alpha value is -5.78. The molecule has 310 valence electrons. The molecule has 0 radical (unpaired) electrons. The molecule has 6 aliphatic rings. The lowest BCUT2D eigenvalue weighted by Crippen LogP contribution is -2.54. The molecule has 0 aliphatic carbocycles. The molecule has 60 heavy (non-hydrogen) atoms. The van der Waals surface area contributed by atoms with Crippen molar-refractivity contribution in [2.24, 2.45) is 5.41 Å². The van der Waals surface area contributed by atoms with Crippen LogP contribution >= 0.6 is 11.6 Å². The minimum absolute atomic E-state index is 0.00609. The maximum atomic E-state index is 13.6. The van der Waals surface area contributed by atoms with E-state index in [9.17, 15) is 34.0 Å². The molecule has 1 atom stereocenters. The van der Waals surface area contributed by atoms with Crippen molar-refractivity contribution >= 4 is 58.4 Å². The number of nitrogens with zero attached hydrogens (tertiary/aromatic N) is 7. The topological polar surface area (TPSA) is 158 Å². The maximum Gasteiger partial charge on any atom is 0.262 e. The second-order valence-corrected chi connectivity index (χ2v) is 17.4. The van der Waals surface area contributed by atoms with Crippen LogP contribution in [0.4, 0.5) is 11.4 Å². The summed E-state index contributed by atoms with van der Waals surface area (Å²) in [6.45, 7) is 7.55. The highest BCUT2D eigenvalue weighted by molar-refractivity contribution is 6.32. The Morgan fingerprint density at radius 2 is 1.28 bits per heavy atom. The van der Waals surface area contributed by atoms with Crippen LogP contribution in [0.25, 0.3) is 0 Å². The number of benzene rings is 3. The zero-order valence-electron chi connectivity index (χ0n) is 33.4. The molecule has 1 N–H and O–H groups in total. The zero-order chi connectivity index (χ0) is 41.7. The van der Waals surface area contributed by atoms with E-state index in [1.54, 1.807) is 42.5 Å². The van der Waals surface area contributed by atoms with Crippen molar-refractivity contribution in [2.45, 2.75) is 57.0 Å². The van der Waals surface area contributed by atoms with Crippen molar-refractivity contribution in [3.8, 4) is 6.07 Å². The second kappa shape index (κ2) is 16.0. The third kappa shape index (κ3) is 7.38. The van der Waals surface area contributed by atoms with E-state index in [0.29, 0.717) is 53.9 Å². The van der Waals surface area contributed by atoms with Crippen LogP contribution in [0.1, 0.15) is 91.9 Å². The number of likely N-dealkylation sites (tertiary alicyclic amines) is 1. The van der Waals surface area contributed by atoms with Gasteiger partial charge in [0.25, 0.3) is 23.6 Å². The first-order chi connectivity index (χ1) is 29.0. The Kier molecular flexibility index (Phi) is 10.6. The summed E-state index contributed by atoms with van der Waals surface area (Å²) in [6, 6.07) is 19.5. The molecule has 1 spiro atoms. The van der Waals surface area contributed by atoms with E-state index >= 15 is 0 Å². The molecule has 0 saturated carbocycles.